The van der Waals surface area contributed by atoms with Crippen LogP contribution in [0, 0.1) is 5.82 Å². The maximum atomic E-state index is 13.2. The molecule has 1 nitrogen and oxygen atoms in total. The molecule has 0 saturated heterocycles. The molecule has 0 aliphatic heterocycles. The monoisotopic (exact) mass is 180 g/mol. The number of halogens is 1. The van der Waals surface area contributed by atoms with Gasteiger partial charge in [0.25, 0.3) is 0 Å². The molecule has 1 aromatic rings. The summed E-state index contributed by atoms with van der Waals surface area (Å²) < 4.78 is 13.2. The molecule has 0 radical (unpaired) electrons. The highest BCUT2D eigenvalue weighted by atomic mass is 19.1. The van der Waals surface area contributed by atoms with Gasteiger partial charge in [-0.3, -0.25) is 0 Å². The lowest BCUT2D eigenvalue weighted by Crippen LogP contribution is -2.23. The molecular weight excluding hydrogens is 167 g/mol. The van der Waals surface area contributed by atoms with Crippen molar-refractivity contribution in [1.29, 1.82) is 0 Å². The quantitative estimate of drug-likeness (QED) is 0.693. The molecular formula is C11H13FO. The molecule has 0 aromatic heterocycles. The zero-order valence-corrected chi connectivity index (χ0v) is 7.84. The third kappa shape index (κ3) is 1.78. The SMILES string of the molecule is C=C(C)C(C)(O)c1ccccc1F. The van der Waals surface area contributed by atoms with Crippen LogP contribution in [-0.2, 0) is 5.60 Å². The predicted octanol–water partition coefficient (Wildman–Crippen LogP) is 2.61. The minimum absolute atomic E-state index is 0.266. The average molecular weight is 180 g/mol. The summed E-state index contributed by atoms with van der Waals surface area (Å²) in [6, 6.07) is 6.17. The predicted molar refractivity (Wildman–Crippen MR) is 50.8 cm³/mol. The van der Waals surface area contributed by atoms with E-state index in [1.165, 1.54) is 13.0 Å². The molecule has 1 aromatic carbocycles. The van der Waals surface area contributed by atoms with Crippen molar-refractivity contribution in [2.75, 3.05) is 0 Å². The molecule has 0 aliphatic rings. The lowest BCUT2D eigenvalue weighted by molar-refractivity contribution is 0.0938. The van der Waals surface area contributed by atoms with Gasteiger partial charge in [0.1, 0.15) is 11.4 Å². The van der Waals surface area contributed by atoms with E-state index >= 15 is 0 Å². The van der Waals surface area contributed by atoms with Gasteiger partial charge >= 0.3 is 0 Å². The van der Waals surface area contributed by atoms with Gasteiger partial charge in [-0.25, -0.2) is 4.39 Å². The molecule has 1 atom stereocenters. The molecule has 13 heavy (non-hydrogen) atoms. The standard InChI is InChI=1S/C11H13FO/c1-8(2)11(3,13)9-6-4-5-7-10(9)12/h4-7,13H,1H2,2-3H3. The second kappa shape index (κ2) is 3.30. The second-order valence-electron chi connectivity index (χ2n) is 3.33. The molecule has 0 heterocycles. The number of hydrogen-bond donors (Lipinski definition) is 1. The zero-order valence-electron chi connectivity index (χ0n) is 7.84. The Morgan fingerprint density at radius 2 is 2.00 bits per heavy atom. The first-order chi connectivity index (χ1) is 5.96. The van der Waals surface area contributed by atoms with Crippen LogP contribution in [0.4, 0.5) is 4.39 Å². The minimum atomic E-state index is -1.29. The van der Waals surface area contributed by atoms with Gasteiger partial charge in [-0.1, -0.05) is 24.8 Å². The third-order valence-electron chi connectivity index (χ3n) is 2.23. The van der Waals surface area contributed by atoms with Gasteiger partial charge in [0.2, 0.25) is 0 Å². The summed E-state index contributed by atoms with van der Waals surface area (Å²) in [5, 5.41) is 9.90. The number of rotatable bonds is 2. The number of hydrogen-bond acceptors (Lipinski definition) is 1. The average Bonchev–Trinajstić information content (AvgIpc) is 2.04. The van der Waals surface area contributed by atoms with E-state index in [1.54, 1.807) is 25.1 Å². The highest BCUT2D eigenvalue weighted by molar-refractivity contribution is 5.30. The van der Waals surface area contributed by atoms with Crippen LogP contribution < -0.4 is 0 Å². The fraction of sp³-hybridized carbons (Fsp3) is 0.273. The summed E-state index contributed by atoms with van der Waals surface area (Å²) in [6.07, 6.45) is 0. The van der Waals surface area contributed by atoms with E-state index in [2.05, 4.69) is 6.58 Å². The van der Waals surface area contributed by atoms with E-state index < -0.39 is 11.4 Å². The van der Waals surface area contributed by atoms with Crippen LogP contribution >= 0.6 is 0 Å². The van der Waals surface area contributed by atoms with E-state index in [0.29, 0.717) is 5.57 Å². The van der Waals surface area contributed by atoms with Crippen LogP contribution in [0.2, 0.25) is 0 Å². The molecule has 0 amide bonds. The summed E-state index contributed by atoms with van der Waals surface area (Å²) in [7, 11) is 0. The van der Waals surface area contributed by atoms with Crippen molar-refractivity contribution < 1.29 is 9.50 Å². The maximum Gasteiger partial charge on any atom is 0.129 e. The zero-order chi connectivity index (χ0) is 10.1. The van der Waals surface area contributed by atoms with Crippen LogP contribution in [0.5, 0.6) is 0 Å². The lowest BCUT2D eigenvalue weighted by atomic mass is 9.89. The van der Waals surface area contributed by atoms with E-state index in [9.17, 15) is 9.50 Å². The molecule has 0 spiro atoms. The number of benzene rings is 1. The van der Waals surface area contributed by atoms with Crippen LogP contribution in [-0.4, -0.2) is 5.11 Å². The van der Waals surface area contributed by atoms with Crippen molar-refractivity contribution in [3.8, 4) is 0 Å². The smallest absolute Gasteiger partial charge is 0.129 e. The van der Waals surface area contributed by atoms with E-state index in [-0.39, 0.29) is 5.56 Å². The van der Waals surface area contributed by atoms with Crippen molar-refractivity contribution in [1.82, 2.24) is 0 Å². The molecule has 1 rings (SSSR count). The normalized spacial score (nSPS) is 15.1. The first-order valence-electron chi connectivity index (χ1n) is 4.09. The van der Waals surface area contributed by atoms with Gasteiger partial charge in [0, 0.05) is 5.56 Å². The van der Waals surface area contributed by atoms with Crippen LogP contribution in [0.15, 0.2) is 36.4 Å². The Hall–Kier alpha value is -1.15. The first-order valence-corrected chi connectivity index (χ1v) is 4.09. The van der Waals surface area contributed by atoms with Gasteiger partial charge in [-0.05, 0) is 25.5 Å². The third-order valence-corrected chi connectivity index (χ3v) is 2.23. The fourth-order valence-electron chi connectivity index (χ4n) is 1.09. The largest absolute Gasteiger partial charge is 0.381 e. The molecule has 70 valence electrons. The van der Waals surface area contributed by atoms with E-state index in [4.69, 9.17) is 0 Å². The van der Waals surface area contributed by atoms with Gasteiger partial charge in [-0.15, -0.1) is 0 Å². The Bertz CT molecular complexity index is 329. The van der Waals surface area contributed by atoms with Crippen molar-refractivity contribution in [3.05, 3.63) is 47.8 Å². The summed E-state index contributed by atoms with van der Waals surface area (Å²) in [4.78, 5) is 0. The van der Waals surface area contributed by atoms with Crippen molar-refractivity contribution in [3.63, 3.8) is 0 Å². The Morgan fingerprint density at radius 1 is 1.46 bits per heavy atom. The van der Waals surface area contributed by atoms with E-state index in [1.807, 2.05) is 0 Å². The molecule has 1 N–H and O–H groups in total. The molecule has 0 bridgehead atoms. The highest BCUT2D eigenvalue weighted by Gasteiger charge is 2.26. The summed E-state index contributed by atoms with van der Waals surface area (Å²) in [5.41, 5.74) is -0.495. The maximum absolute atomic E-state index is 13.2. The topological polar surface area (TPSA) is 20.2 Å². The second-order valence-corrected chi connectivity index (χ2v) is 3.33. The Labute approximate surface area is 77.5 Å². The van der Waals surface area contributed by atoms with Crippen LogP contribution in [0.1, 0.15) is 19.4 Å². The highest BCUT2D eigenvalue weighted by Crippen LogP contribution is 2.29. The molecule has 0 fully saturated rings. The molecule has 1 unspecified atom stereocenters. The van der Waals surface area contributed by atoms with Crippen LogP contribution in [0.25, 0.3) is 0 Å². The van der Waals surface area contributed by atoms with Crippen molar-refractivity contribution in [2.24, 2.45) is 0 Å². The molecule has 0 saturated carbocycles. The van der Waals surface area contributed by atoms with Gasteiger partial charge in [-0.2, -0.15) is 0 Å². The van der Waals surface area contributed by atoms with Crippen molar-refractivity contribution >= 4 is 0 Å². The Balaban J connectivity index is 3.22. The fourth-order valence-corrected chi connectivity index (χ4v) is 1.09. The Kier molecular flexibility index (Phi) is 2.52. The lowest BCUT2D eigenvalue weighted by Gasteiger charge is -2.24. The number of aliphatic hydroxyl groups is 1. The molecule has 0 aliphatic carbocycles. The summed E-state index contributed by atoms with van der Waals surface area (Å²) >= 11 is 0. The minimum Gasteiger partial charge on any atom is -0.381 e. The van der Waals surface area contributed by atoms with Gasteiger partial charge in [0.15, 0.2) is 0 Å². The summed E-state index contributed by atoms with van der Waals surface area (Å²) in [5.74, 6) is -0.407. The Morgan fingerprint density at radius 3 is 2.46 bits per heavy atom. The van der Waals surface area contributed by atoms with Crippen molar-refractivity contribution in [2.45, 2.75) is 19.4 Å². The van der Waals surface area contributed by atoms with Gasteiger partial charge < -0.3 is 5.11 Å². The van der Waals surface area contributed by atoms with E-state index in [0.717, 1.165) is 0 Å². The molecule has 2 heteroatoms. The summed E-state index contributed by atoms with van der Waals surface area (Å²) in [6.45, 7) is 6.84. The van der Waals surface area contributed by atoms with Gasteiger partial charge in [0.05, 0.1) is 0 Å². The van der Waals surface area contributed by atoms with Crippen LogP contribution in [0.3, 0.4) is 0 Å². The first kappa shape index (κ1) is 9.93.